The molecule has 0 heterocycles. The van der Waals surface area contributed by atoms with E-state index < -0.39 is 5.97 Å². The van der Waals surface area contributed by atoms with E-state index in [1.165, 1.54) is 54.5 Å². The van der Waals surface area contributed by atoms with E-state index in [2.05, 4.69) is 11.3 Å². The average Bonchev–Trinajstić information content (AvgIpc) is 3.14. The lowest BCUT2D eigenvalue weighted by atomic mass is 9.56. The third kappa shape index (κ3) is 1.60. The molecule has 110 valence electrons. The Hall–Kier alpha value is -0.790. The second-order valence-corrected chi connectivity index (χ2v) is 7.68. The van der Waals surface area contributed by atoms with Crippen molar-refractivity contribution in [3.05, 3.63) is 12.7 Å². The quantitative estimate of drug-likeness (QED) is 0.414. The van der Waals surface area contributed by atoms with Crippen molar-refractivity contribution in [2.24, 2.45) is 47.3 Å². The van der Waals surface area contributed by atoms with Gasteiger partial charge in [-0.15, -0.1) is 0 Å². The summed E-state index contributed by atoms with van der Waals surface area (Å²) < 4.78 is 4.14. The molecule has 8 unspecified atom stereocenters. The number of hydrogen-bond acceptors (Lipinski definition) is 2. The van der Waals surface area contributed by atoms with Crippen molar-refractivity contribution in [3.8, 4) is 0 Å². The number of carbonyl (C=O) groups is 1. The van der Waals surface area contributed by atoms with E-state index in [9.17, 15) is 4.79 Å². The Kier molecular flexibility index (Phi) is 2.98. The molecule has 0 spiro atoms. The molecule has 0 aromatic carbocycles. The fraction of sp³-hybridized carbons (Fsp3) is 0.833. The highest BCUT2D eigenvalue weighted by Gasteiger charge is 2.67. The standard InChI is InChI=1S/C14H20.C4H6O2/c1-2-8-5-7(1)13-11-6-12(14(8)13)10-4-3-9(10)11;1-3-4(5)6-2/h7-14H,1-6H2;3H,1H2,2H3. The minimum atomic E-state index is -0.394. The zero-order chi connectivity index (χ0) is 13.9. The first-order valence-electron chi connectivity index (χ1n) is 8.45. The normalized spacial score (nSPS) is 52.5. The number of methoxy groups -OCH3 is 1. The SMILES string of the molecule is C1CC2CC1C1C3CC(C4CCC43)C21.C=CC(=O)OC. The highest BCUT2D eigenvalue weighted by molar-refractivity contribution is 5.80. The second kappa shape index (κ2) is 4.61. The first kappa shape index (κ1) is 12.9. The van der Waals surface area contributed by atoms with Gasteiger partial charge in [-0.2, -0.15) is 0 Å². The summed E-state index contributed by atoms with van der Waals surface area (Å²) in [5, 5.41) is 0. The van der Waals surface area contributed by atoms with Crippen molar-refractivity contribution in [2.75, 3.05) is 7.11 Å². The number of ether oxygens (including phenoxy) is 1. The van der Waals surface area contributed by atoms with Crippen molar-refractivity contribution >= 4 is 5.97 Å². The number of hydrogen-bond donors (Lipinski definition) is 0. The van der Waals surface area contributed by atoms with Gasteiger partial charge in [0.15, 0.2) is 0 Å². The second-order valence-electron chi connectivity index (χ2n) is 7.68. The Bertz CT molecular complexity index is 401. The molecule has 0 saturated heterocycles. The van der Waals surface area contributed by atoms with Crippen LogP contribution in [0.4, 0.5) is 0 Å². The molecule has 0 radical (unpaired) electrons. The smallest absolute Gasteiger partial charge is 0.329 e. The summed E-state index contributed by atoms with van der Waals surface area (Å²) in [5.41, 5.74) is 0. The van der Waals surface area contributed by atoms with E-state index in [-0.39, 0.29) is 0 Å². The lowest BCUT2D eigenvalue weighted by Crippen LogP contribution is -2.42. The topological polar surface area (TPSA) is 26.3 Å². The predicted molar refractivity (Wildman–Crippen MR) is 77.8 cm³/mol. The molecule has 2 nitrogen and oxygen atoms in total. The van der Waals surface area contributed by atoms with E-state index >= 15 is 0 Å². The predicted octanol–water partition coefficient (Wildman–Crippen LogP) is 3.67. The highest BCUT2D eigenvalue weighted by Crippen LogP contribution is 2.73. The van der Waals surface area contributed by atoms with Gasteiger partial charge in [-0.05, 0) is 85.9 Å². The summed E-state index contributed by atoms with van der Waals surface area (Å²) in [7, 11) is 1.31. The van der Waals surface area contributed by atoms with Gasteiger partial charge in [0.2, 0.25) is 0 Å². The molecular weight excluding hydrogens is 248 g/mol. The van der Waals surface area contributed by atoms with Crippen LogP contribution in [0, 0.1) is 47.3 Å². The van der Waals surface area contributed by atoms with Gasteiger partial charge >= 0.3 is 5.97 Å². The first-order valence-corrected chi connectivity index (χ1v) is 8.45. The molecule has 2 heteroatoms. The van der Waals surface area contributed by atoms with Crippen molar-refractivity contribution < 1.29 is 9.53 Å². The summed E-state index contributed by atoms with van der Waals surface area (Å²) in [6, 6.07) is 0. The van der Waals surface area contributed by atoms with Crippen molar-refractivity contribution in [1.82, 2.24) is 0 Å². The molecule has 0 N–H and O–H groups in total. The van der Waals surface area contributed by atoms with E-state index in [0.717, 1.165) is 6.08 Å². The largest absolute Gasteiger partial charge is 0.466 e. The molecule has 4 bridgehead atoms. The molecule has 8 atom stereocenters. The van der Waals surface area contributed by atoms with Crippen LogP contribution in [0.5, 0.6) is 0 Å². The van der Waals surface area contributed by atoms with Gasteiger partial charge in [0, 0.05) is 6.08 Å². The van der Waals surface area contributed by atoms with Gasteiger partial charge in [0.1, 0.15) is 0 Å². The molecule has 5 aliphatic carbocycles. The van der Waals surface area contributed by atoms with Gasteiger partial charge in [-0.25, -0.2) is 4.79 Å². The minimum Gasteiger partial charge on any atom is -0.466 e. The Morgan fingerprint density at radius 2 is 1.50 bits per heavy atom. The molecule has 5 saturated carbocycles. The molecule has 5 aliphatic rings. The molecule has 0 aromatic heterocycles. The van der Waals surface area contributed by atoms with Crippen LogP contribution in [0.1, 0.15) is 38.5 Å². The van der Waals surface area contributed by atoms with E-state index in [1.807, 2.05) is 0 Å². The van der Waals surface area contributed by atoms with Crippen LogP contribution in [0.15, 0.2) is 12.7 Å². The average molecular weight is 274 g/mol. The molecule has 0 aromatic rings. The lowest BCUT2D eigenvalue weighted by molar-refractivity contribution is -0.134. The number of carbonyl (C=O) groups excluding carboxylic acids is 1. The summed E-state index contributed by atoms with van der Waals surface area (Å²) in [4.78, 5) is 9.84. The van der Waals surface area contributed by atoms with E-state index in [1.54, 1.807) is 38.5 Å². The molecule has 5 fully saturated rings. The lowest BCUT2D eigenvalue weighted by Gasteiger charge is -2.49. The van der Waals surface area contributed by atoms with Gasteiger partial charge in [-0.1, -0.05) is 6.58 Å². The summed E-state index contributed by atoms with van der Waals surface area (Å²) in [6.45, 7) is 3.16. The number of fused-ring (bicyclic) bond motifs is 12. The molecule has 0 aliphatic heterocycles. The fourth-order valence-electron chi connectivity index (χ4n) is 6.90. The van der Waals surface area contributed by atoms with Gasteiger partial charge in [0.05, 0.1) is 7.11 Å². The Balaban J connectivity index is 0.000000154. The maximum atomic E-state index is 9.84. The van der Waals surface area contributed by atoms with Gasteiger partial charge in [-0.3, -0.25) is 0 Å². The monoisotopic (exact) mass is 274 g/mol. The number of esters is 1. The van der Waals surface area contributed by atoms with Crippen LogP contribution in [-0.4, -0.2) is 13.1 Å². The first-order chi connectivity index (χ1) is 9.74. The van der Waals surface area contributed by atoms with Crippen LogP contribution in [0.2, 0.25) is 0 Å². The Morgan fingerprint density at radius 3 is 1.85 bits per heavy atom. The fourth-order valence-corrected chi connectivity index (χ4v) is 6.90. The van der Waals surface area contributed by atoms with Gasteiger partial charge < -0.3 is 4.74 Å². The number of rotatable bonds is 1. The van der Waals surface area contributed by atoms with E-state index in [4.69, 9.17) is 0 Å². The van der Waals surface area contributed by atoms with Crippen molar-refractivity contribution in [1.29, 1.82) is 0 Å². The highest BCUT2D eigenvalue weighted by atomic mass is 16.5. The Morgan fingerprint density at radius 1 is 0.950 bits per heavy atom. The summed E-state index contributed by atoms with van der Waals surface area (Å²) in [6.07, 6.45) is 10.9. The van der Waals surface area contributed by atoms with E-state index in [0.29, 0.717) is 0 Å². The molecular formula is C18H26O2. The molecule has 20 heavy (non-hydrogen) atoms. The third-order valence-electron chi connectivity index (χ3n) is 7.43. The minimum absolute atomic E-state index is 0.394. The maximum Gasteiger partial charge on any atom is 0.329 e. The van der Waals surface area contributed by atoms with Crippen LogP contribution in [0.3, 0.4) is 0 Å². The van der Waals surface area contributed by atoms with Crippen LogP contribution >= 0.6 is 0 Å². The van der Waals surface area contributed by atoms with Gasteiger partial charge in [0.25, 0.3) is 0 Å². The third-order valence-corrected chi connectivity index (χ3v) is 7.43. The molecule has 5 rings (SSSR count). The molecule has 0 amide bonds. The summed E-state index contributed by atoms with van der Waals surface area (Å²) in [5.74, 6) is 9.47. The maximum absolute atomic E-state index is 9.84. The Labute approximate surface area is 122 Å². The zero-order valence-corrected chi connectivity index (χ0v) is 12.5. The van der Waals surface area contributed by atoms with Crippen molar-refractivity contribution in [3.63, 3.8) is 0 Å². The van der Waals surface area contributed by atoms with Crippen molar-refractivity contribution in [2.45, 2.75) is 38.5 Å². The van der Waals surface area contributed by atoms with Crippen LogP contribution < -0.4 is 0 Å². The van der Waals surface area contributed by atoms with Crippen LogP contribution in [-0.2, 0) is 9.53 Å². The zero-order valence-electron chi connectivity index (χ0n) is 12.5. The summed E-state index contributed by atoms with van der Waals surface area (Å²) >= 11 is 0. The van der Waals surface area contributed by atoms with Crippen LogP contribution in [0.25, 0.3) is 0 Å².